The van der Waals surface area contributed by atoms with Gasteiger partial charge in [0.15, 0.2) is 12.6 Å². The van der Waals surface area contributed by atoms with Gasteiger partial charge in [-0.2, -0.15) is 0 Å². The summed E-state index contributed by atoms with van der Waals surface area (Å²) < 4.78 is 9.85. The van der Waals surface area contributed by atoms with Crippen LogP contribution < -0.4 is 5.73 Å². The third-order valence-corrected chi connectivity index (χ3v) is 1.05. The number of hydrogen-bond acceptors (Lipinski definition) is 3. The van der Waals surface area contributed by atoms with E-state index < -0.39 is 12.2 Å². The van der Waals surface area contributed by atoms with Crippen molar-refractivity contribution in [1.82, 2.24) is 0 Å². The highest BCUT2D eigenvalue weighted by Gasteiger charge is 2.27. The van der Waals surface area contributed by atoms with Crippen LogP contribution in [0.3, 0.4) is 0 Å². The monoisotopic (exact) mass is 131 g/mol. The van der Waals surface area contributed by atoms with Gasteiger partial charge in [0.05, 0.1) is 6.42 Å². The van der Waals surface area contributed by atoms with E-state index in [4.69, 9.17) is 15.2 Å². The molecule has 0 radical (unpaired) electrons. The minimum absolute atomic E-state index is 0.157. The molecule has 1 saturated heterocycles. The Kier molecular flexibility index (Phi) is 1.68. The van der Waals surface area contributed by atoms with E-state index in [0.717, 1.165) is 0 Å². The maximum Gasteiger partial charge on any atom is 0.222 e. The summed E-state index contributed by atoms with van der Waals surface area (Å²) in [5.74, 6) is -0.396. The molecule has 4 nitrogen and oxygen atoms in total. The molecule has 0 saturated carbocycles. The number of hydrogen-bond donors (Lipinski definition) is 1. The van der Waals surface area contributed by atoms with Crippen LogP contribution in [0.15, 0.2) is 0 Å². The van der Waals surface area contributed by atoms with Gasteiger partial charge in [-0.1, -0.05) is 0 Å². The average Bonchev–Trinajstić information content (AvgIpc) is 1.60. The summed E-state index contributed by atoms with van der Waals surface area (Å²) in [6, 6.07) is 0. The topological polar surface area (TPSA) is 61.5 Å². The van der Waals surface area contributed by atoms with Crippen LogP contribution in [0.1, 0.15) is 13.3 Å². The van der Waals surface area contributed by atoms with Crippen molar-refractivity contribution in [2.45, 2.75) is 25.9 Å². The molecule has 0 atom stereocenters. The Morgan fingerprint density at radius 2 is 2.22 bits per heavy atom. The molecule has 9 heavy (non-hydrogen) atoms. The maximum absolute atomic E-state index is 10.2. The highest BCUT2D eigenvalue weighted by molar-refractivity contribution is 5.74. The summed E-state index contributed by atoms with van der Waals surface area (Å²) in [5, 5.41) is 0. The zero-order valence-corrected chi connectivity index (χ0v) is 5.16. The predicted octanol–water partition coefficient (Wildman–Crippen LogP) is -0.419. The van der Waals surface area contributed by atoms with E-state index in [2.05, 4.69) is 0 Å². The molecule has 1 fully saturated rings. The molecule has 1 heterocycles. The minimum atomic E-state index is -0.396. The fourth-order valence-electron chi connectivity index (χ4n) is 0.698. The number of amides is 1. The Labute approximate surface area is 52.9 Å². The van der Waals surface area contributed by atoms with Crippen LogP contribution >= 0.6 is 0 Å². The van der Waals surface area contributed by atoms with Gasteiger partial charge in [0.1, 0.15) is 0 Å². The number of rotatable bonds is 2. The molecule has 4 heteroatoms. The lowest BCUT2D eigenvalue weighted by atomic mass is 10.4. The van der Waals surface area contributed by atoms with Crippen molar-refractivity contribution >= 4 is 5.91 Å². The van der Waals surface area contributed by atoms with Gasteiger partial charge in [-0.3, -0.25) is 4.79 Å². The summed E-state index contributed by atoms with van der Waals surface area (Å²) in [4.78, 5) is 10.2. The number of carbonyl (C=O) groups is 1. The van der Waals surface area contributed by atoms with Crippen LogP contribution in [0.2, 0.25) is 0 Å². The lowest BCUT2D eigenvalue weighted by Crippen LogP contribution is -2.41. The number of nitrogens with two attached hydrogens (primary N) is 1. The fourth-order valence-corrected chi connectivity index (χ4v) is 0.698. The van der Waals surface area contributed by atoms with Crippen molar-refractivity contribution in [1.29, 1.82) is 0 Å². The zero-order valence-electron chi connectivity index (χ0n) is 5.16. The maximum atomic E-state index is 10.2. The van der Waals surface area contributed by atoms with Crippen molar-refractivity contribution in [3.05, 3.63) is 0 Å². The van der Waals surface area contributed by atoms with Crippen LogP contribution in [0.5, 0.6) is 0 Å². The van der Waals surface area contributed by atoms with Crippen LogP contribution in [0.4, 0.5) is 0 Å². The summed E-state index contributed by atoms with van der Waals surface area (Å²) in [5.41, 5.74) is 4.85. The fraction of sp³-hybridized carbons (Fsp3) is 0.800. The minimum Gasteiger partial charge on any atom is -0.370 e. The second-order valence-corrected chi connectivity index (χ2v) is 1.94. The largest absolute Gasteiger partial charge is 0.370 e. The van der Waals surface area contributed by atoms with Gasteiger partial charge in [0, 0.05) is 0 Å². The third-order valence-electron chi connectivity index (χ3n) is 1.05. The molecule has 0 aromatic heterocycles. The van der Waals surface area contributed by atoms with Crippen LogP contribution in [-0.2, 0) is 14.3 Å². The van der Waals surface area contributed by atoms with Crippen molar-refractivity contribution in [2.24, 2.45) is 5.73 Å². The van der Waals surface area contributed by atoms with Crippen LogP contribution in [0.25, 0.3) is 0 Å². The molecule has 0 unspecified atom stereocenters. The molecule has 0 bridgehead atoms. The molecule has 1 amide bonds. The molecule has 1 rings (SSSR count). The SMILES string of the molecule is CC1OC(CC(N)=O)O1. The Hall–Kier alpha value is -0.610. The summed E-state index contributed by atoms with van der Waals surface area (Å²) in [7, 11) is 0. The van der Waals surface area contributed by atoms with Crippen molar-refractivity contribution in [2.75, 3.05) is 0 Å². The number of primary amides is 1. The zero-order chi connectivity index (χ0) is 6.85. The highest BCUT2D eigenvalue weighted by Crippen LogP contribution is 2.17. The third kappa shape index (κ3) is 1.65. The normalized spacial score (nSPS) is 33.4. The molecule has 2 N–H and O–H groups in total. The van der Waals surface area contributed by atoms with E-state index in [-0.39, 0.29) is 12.7 Å². The Balaban J connectivity index is 2.11. The molecule has 0 aromatic rings. The van der Waals surface area contributed by atoms with Gasteiger partial charge in [0.2, 0.25) is 5.91 Å². The lowest BCUT2D eigenvalue weighted by Gasteiger charge is -2.32. The highest BCUT2D eigenvalue weighted by atomic mass is 16.9. The van der Waals surface area contributed by atoms with Gasteiger partial charge in [-0.05, 0) is 6.92 Å². The average molecular weight is 131 g/mol. The quantitative estimate of drug-likeness (QED) is 0.553. The van der Waals surface area contributed by atoms with Gasteiger partial charge in [-0.15, -0.1) is 0 Å². The smallest absolute Gasteiger partial charge is 0.222 e. The molecule has 52 valence electrons. The Bertz CT molecular complexity index is 119. The number of carbonyl (C=O) groups excluding carboxylic acids is 1. The van der Waals surface area contributed by atoms with Crippen LogP contribution in [-0.4, -0.2) is 18.5 Å². The van der Waals surface area contributed by atoms with E-state index in [1.54, 1.807) is 6.92 Å². The Morgan fingerprint density at radius 3 is 2.56 bits per heavy atom. The van der Waals surface area contributed by atoms with Crippen molar-refractivity contribution < 1.29 is 14.3 Å². The van der Waals surface area contributed by atoms with Gasteiger partial charge >= 0.3 is 0 Å². The molecular formula is C5H9NO3. The molecular weight excluding hydrogens is 122 g/mol. The van der Waals surface area contributed by atoms with E-state index in [9.17, 15) is 4.79 Å². The molecule has 0 aliphatic carbocycles. The second kappa shape index (κ2) is 2.33. The first-order chi connectivity index (χ1) is 4.18. The lowest BCUT2D eigenvalue weighted by molar-refractivity contribution is -0.373. The second-order valence-electron chi connectivity index (χ2n) is 1.94. The predicted molar refractivity (Wildman–Crippen MR) is 29.2 cm³/mol. The summed E-state index contributed by atoms with van der Waals surface area (Å²) >= 11 is 0. The van der Waals surface area contributed by atoms with Crippen molar-refractivity contribution in [3.63, 3.8) is 0 Å². The van der Waals surface area contributed by atoms with Gasteiger partial charge in [-0.25, -0.2) is 0 Å². The first kappa shape index (κ1) is 6.51. The molecule has 0 spiro atoms. The first-order valence-electron chi connectivity index (χ1n) is 2.77. The molecule has 1 aliphatic heterocycles. The number of ether oxygens (including phenoxy) is 2. The standard InChI is InChI=1S/C5H9NO3/c1-3-8-5(9-3)2-4(6)7/h3,5H,2H2,1H3,(H2,6,7). The van der Waals surface area contributed by atoms with Gasteiger partial charge < -0.3 is 15.2 Å². The van der Waals surface area contributed by atoms with Crippen LogP contribution in [0, 0.1) is 0 Å². The summed E-state index contributed by atoms with van der Waals surface area (Å²) in [6.07, 6.45) is -0.406. The summed E-state index contributed by atoms with van der Waals surface area (Å²) in [6.45, 7) is 1.76. The van der Waals surface area contributed by atoms with E-state index in [1.807, 2.05) is 0 Å². The van der Waals surface area contributed by atoms with E-state index in [0.29, 0.717) is 0 Å². The first-order valence-corrected chi connectivity index (χ1v) is 2.77. The van der Waals surface area contributed by atoms with Crippen molar-refractivity contribution in [3.8, 4) is 0 Å². The molecule has 0 aromatic carbocycles. The van der Waals surface area contributed by atoms with E-state index >= 15 is 0 Å². The Morgan fingerprint density at radius 1 is 1.67 bits per heavy atom. The molecule has 1 aliphatic rings. The van der Waals surface area contributed by atoms with Gasteiger partial charge in [0.25, 0.3) is 0 Å². The van der Waals surface area contributed by atoms with E-state index in [1.165, 1.54) is 0 Å².